The topological polar surface area (TPSA) is 64.3 Å². The van der Waals surface area contributed by atoms with Crippen molar-refractivity contribution < 1.29 is 9.53 Å². The molecule has 0 aromatic heterocycles. The Labute approximate surface area is 137 Å². The van der Waals surface area contributed by atoms with Crippen molar-refractivity contribution >= 4 is 11.6 Å². The molecule has 122 valence electrons. The lowest BCUT2D eigenvalue weighted by atomic mass is 9.98. The van der Waals surface area contributed by atoms with Gasteiger partial charge in [-0.2, -0.15) is 0 Å². The molecule has 0 bridgehead atoms. The van der Waals surface area contributed by atoms with Gasteiger partial charge < -0.3 is 15.8 Å². The number of rotatable bonds is 5. The van der Waals surface area contributed by atoms with E-state index in [0.29, 0.717) is 29.5 Å². The number of aryl methyl sites for hydroxylation is 1. The minimum absolute atomic E-state index is 0.0912. The summed E-state index contributed by atoms with van der Waals surface area (Å²) in [7, 11) is 1.62. The van der Waals surface area contributed by atoms with Crippen LogP contribution in [0.2, 0.25) is 0 Å². The average molecular weight is 312 g/mol. The summed E-state index contributed by atoms with van der Waals surface area (Å²) in [6.45, 7) is 6.85. The normalized spacial score (nSPS) is 10.7. The van der Waals surface area contributed by atoms with Crippen LogP contribution in [0.4, 0.5) is 5.69 Å². The minimum Gasteiger partial charge on any atom is -0.491 e. The van der Waals surface area contributed by atoms with Crippen LogP contribution in [0.25, 0.3) is 11.1 Å². The van der Waals surface area contributed by atoms with E-state index in [1.165, 1.54) is 0 Å². The number of amides is 1. The summed E-state index contributed by atoms with van der Waals surface area (Å²) in [5.41, 5.74) is 10.5. The molecule has 2 aromatic rings. The van der Waals surface area contributed by atoms with Gasteiger partial charge in [0.2, 0.25) is 0 Å². The van der Waals surface area contributed by atoms with Crippen LogP contribution in [-0.2, 0) is 0 Å². The molecule has 0 saturated heterocycles. The van der Waals surface area contributed by atoms with Crippen LogP contribution in [0, 0.1) is 12.8 Å². The number of anilines is 1. The zero-order chi connectivity index (χ0) is 17.0. The highest BCUT2D eigenvalue weighted by atomic mass is 16.5. The smallest absolute Gasteiger partial charge is 0.251 e. The van der Waals surface area contributed by atoms with E-state index in [1.807, 2.05) is 43.3 Å². The van der Waals surface area contributed by atoms with E-state index in [1.54, 1.807) is 7.05 Å². The fourth-order valence-corrected chi connectivity index (χ4v) is 2.35. The predicted octanol–water partition coefficient (Wildman–Crippen LogP) is 3.64. The van der Waals surface area contributed by atoms with Gasteiger partial charge in [0.05, 0.1) is 12.3 Å². The van der Waals surface area contributed by atoms with E-state index in [2.05, 4.69) is 19.2 Å². The van der Waals surface area contributed by atoms with Crippen LogP contribution in [-0.4, -0.2) is 19.6 Å². The average Bonchev–Trinajstić information content (AvgIpc) is 2.53. The third-order valence-corrected chi connectivity index (χ3v) is 3.61. The molecule has 0 unspecified atom stereocenters. The fraction of sp³-hybridized carbons (Fsp3) is 0.316. The first kappa shape index (κ1) is 16.9. The second-order valence-corrected chi connectivity index (χ2v) is 6.07. The summed E-state index contributed by atoms with van der Waals surface area (Å²) in [5.74, 6) is 1.05. The molecular weight excluding hydrogens is 288 g/mol. The van der Waals surface area contributed by atoms with E-state index in [0.717, 1.165) is 16.7 Å². The number of nitrogen functional groups attached to an aromatic ring is 1. The Morgan fingerprint density at radius 2 is 1.87 bits per heavy atom. The molecule has 23 heavy (non-hydrogen) atoms. The first-order valence-corrected chi connectivity index (χ1v) is 7.77. The summed E-state index contributed by atoms with van der Waals surface area (Å²) >= 11 is 0. The maximum Gasteiger partial charge on any atom is 0.251 e. The quantitative estimate of drug-likeness (QED) is 0.829. The van der Waals surface area contributed by atoms with Gasteiger partial charge in [0.25, 0.3) is 5.91 Å². The zero-order valence-corrected chi connectivity index (χ0v) is 14.1. The second kappa shape index (κ2) is 7.18. The summed E-state index contributed by atoms with van der Waals surface area (Å²) in [6.07, 6.45) is 0. The van der Waals surface area contributed by atoms with Crippen LogP contribution >= 0.6 is 0 Å². The molecule has 0 heterocycles. The van der Waals surface area contributed by atoms with Crippen LogP contribution in [0.3, 0.4) is 0 Å². The lowest BCUT2D eigenvalue weighted by molar-refractivity contribution is 0.0963. The number of carbonyl (C=O) groups is 1. The van der Waals surface area contributed by atoms with Crippen molar-refractivity contribution in [3.8, 4) is 16.9 Å². The molecule has 1 amide bonds. The Bertz CT molecular complexity index is 691. The Morgan fingerprint density at radius 3 is 2.43 bits per heavy atom. The zero-order valence-electron chi connectivity index (χ0n) is 14.1. The van der Waals surface area contributed by atoms with E-state index >= 15 is 0 Å². The van der Waals surface area contributed by atoms with Crippen LogP contribution in [0.5, 0.6) is 5.75 Å². The molecule has 0 aliphatic heterocycles. The van der Waals surface area contributed by atoms with Gasteiger partial charge in [-0.3, -0.25) is 4.79 Å². The fourth-order valence-electron chi connectivity index (χ4n) is 2.35. The number of carbonyl (C=O) groups excluding carboxylic acids is 1. The maximum absolute atomic E-state index is 11.6. The highest BCUT2D eigenvalue weighted by Crippen LogP contribution is 2.32. The van der Waals surface area contributed by atoms with E-state index in [9.17, 15) is 4.79 Å². The SMILES string of the molecule is CNC(=O)c1ccc(-c2cc(OCC(C)C)c(N)cc2C)cc1. The monoisotopic (exact) mass is 312 g/mol. The molecule has 4 nitrogen and oxygen atoms in total. The molecule has 0 saturated carbocycles. The van der Waals surface area contributed by atoms with Crippen molar-refractivity contribution in [1.82, 2.24) is 5.32 Å². The molecule has 4 heteroatoms. The summed E-state index contributed by atoms with van der Waals surface area (Å²) in [4.78, 5) is 11.6. The molecule has 2 rings (SSSR count). The lowest BCUT2D eigenvalue weighted by Crippen LogP contribution is -2.17. The Balaban J connectivity index is 2.34. The summed E-state index contributed by atoms with van der Waals surface area (Å²) < 4.78 is 5.81. The van der Waals surface area contributed by atoms with Crippen molar-refractivity contribution in [2.75, 3.05) is 19.4 Å². The number of nitrogens with one attached hydrogen (secondary N) is 1. The number of nitrogens with two attached hydrogens (primary N) is 1. The molecular formula is C19H24N2O2. The number of hydrogen-bond donors (Lipinski definition) is 2. The Morgan fingerprint density at radius 1 is 1.22 bits per heavy atom. The van der Waals surface area contributed by atoms with Crippen molar-refractivity contribution in [3.63, 3.8) is 0 Å². The third-order valence-electron chi connectivity index (χ3n) is 3.61. The Hall–Kier alpha value is -2.49. The van der Waals surface area contributed by atoms with Gasteiger partial charge in [-0.15, -0.1) is 0 Å². The summed E-state index contributed by atoms with van der Waals surface area (Å²) in [6, 6.07) is 11.4. The first-order valence-electron chi connectivity index (χ1n) is 7.77. The molecule has 0 spiro atoms. The van der Waals surface area contributed by atoms with Gasteiger partial charge in [-0.1, -0.05) is 26.0 Å². The van der Waals surface area contributed by atoms with Crippen LogP contribution < -0.4 is 15.8 Å². The lowest BCUT2D eigenvalue weighted by Gasteiger charge is -2.15. The third kappa shape index (κ3) is 4.03. The standard InChI is InChI=1S/C19H24N2O2/c1-12(2)11-23-18-10-16(13(3)9-17(18)20)14-5-7-15(8-6-14)19(22)21-4/h5-10,12H,11,20H2,1-4H3,(H,21,22). The molecule has 0 atom stereocenters. The number of ether oxygens (including phenoxy) is 1. The van der Waals surface area contributed by atoms with Gasteiger partial charge in [0, 0.05) is 12.6 Å². The first-order chi connectivity index (χ1) is 10.9. The van der Waals surface area contributed by atoms with Gasteiger partial charge in [0.15, 0.2) is 0 Å². The largest absolute Gasteiger partial charge is 0.491 e. The van der Waals surface area contributed by atoms with Crippen molar-refractivity contribution in [2.45, 2.75) is 20.8 Å². The summed E-state index contributed by atoms with van der Waals surface area (Å²) in [5, 5.41) is 2.62. The maximum atomic E-state index is 11.6. The van der Waals surface area contributed by atoms with E-state index < -0.39 is 0 Å². The highest BCUT2D eigenvalue weighted by molar-refractivity contribution is 5.94. The number of benzene rings is 2. The molecule has 3 N–H and O–H groups in total. The van der Waals surface area contributed by atoms with Crippen molar-refractivity contribution in [2.24, 2.45) is 5.92 Å². The molecule has 0 aliphatic rings. The highest BCUT2D eigenvalue weighted by Gasteiger charge is 2.10. The van der Waals surface area contributed by atoms with Crippen molar-refractivity contribution in [3.05, 3.63) is 47.5 Å². The number of hydrogen-bond acceptors (Lipinski definition) is 3. The predicted molar refractivity (Wildman–Crippen MR) is 94.8 cm³/mol. The van der Waals surface area contributed by atoms with E-state index in [-0.39, 0.29) is 5.91 Å². The van der Waals surface area contributed by atoms with Gasteiger partial charge in [0.1, 0.15) is 5.75 Å². The molecule has 2 aromatic carbocycles. The van der Waals surface area contributed by atoms with Gasteiger partial charge in [-0.05, 0) is 53.8 Å². The molecule has 0 aliphatic carbocycles. The van der Waals surface area contributed by atoms with Gasteiger partial charge in [-0.25, -0.2) is 0 Å². The Kier molecular flexibility index (Phi) is 5.27. The molecule has 0 fully saturated rings. The van der Waals surface area contributed by atoms with Crippen molar-refractivity contribution in [1.29, 1.82) is 0 Å². The van der Waals surface area contributed by atoms with Crippen LogP contribution in [0.15, 0.2) is 36.4 Å². The molecule has 0 radical (unpaired) electrons. The van der Waals surface area contributed by atoms with E-state index in [4.69, 9.17) is 10.5 Å². The van der Waals surface area contributed by atoms with Crippen LogP contribution in [0.1, 0.15) is 29.8 Å². The van der Waals surface area contributed by atoms with Gasteiger partial charge >= 0.3 is 0 Å². The second-order valence-electron chi connectivity index (χ2n) is 6.07. The minimum atomic E-state index is -0.0912.